The molecule has 1 amide bonds. The molecule has 0 aromatic heterocycles. The highest BCUT2D eigenvalue weighted by Crippen LogP contribution is 2.54. The molecule has 0 bridgehead atoms. The van der Waals surface area contributed by atoms with Crippen molar-refractivity contribution in [3.8, 4) is 5.75 Å². The number of benzene rings is 1. The zero-order valence-electron chi connectivity index (χ0n) is 22.7. The standard InChI is InChI=1S/C28H35N3O8/c1-6-7-8-17(32)14-11-16(30(2)3)13-9-12-10-15-21(31(4)5)24(35)20(27(29)38)26(37)28(15,39)25(36)18(12)23(34)19(13)22(14)33/h11-12,15,21,33-34,37,39H,6-10H2,1-5H3,(H2,29,38)/t12-,15-,21-,28-/m0/s1. The van der Waals surface area contributed by atoms with Crippen LogP contribution < -0.4 is 10.6 Å². The van der Waals surface area contributed by atoms with E-state index < -0.39 is 63.8 Å². The highest BCUT2D eigenvalue weighted by Gasteiger charge is 2.64. The molecule has 3 aliphatic rings. The summed E-state index contributed by atoms with van der Waals surface area (Å²) in [4.78, 5) is 55.4. The van der Waals surface area contributed by atoms with Crippen molar-refractivity contribution in [3.05, 3.63) is 39.7 Å². The van der Waals surface area contributed by atoms with Gasteiger partial charge in [0.25, 0.3) is 5.91 Å². The molecular formula is C28H35N3O8. The molecule has 1 aromatic rings. The number of hydrogen-bond donors (Lipinski definition) is 5. The molecule has 3 aliphatic carbocycles. The lowest BCUT2D eigenvalue weighted by Crippen LogP contribution is -2.65. The second-order valence-corrected chi connectivity index (χ2v) is 11.0. The smallest absolute Gasteiger partial charge is 0.255 e. The maximum atomic E-state index is 14.0. The number of fused-ring (bicyclic) bond motifs is 3. The van der Waals surface area contributed by atoms with Gasteiger partial charge < -0.3 is 31.1 Å². The molecule has 0 heterocycles. The van der Waals surface area contributed by atoms with Gasteiger partial charge in [-0.15, -0.1) is 0 Å². The summed E-state index contributed by atoms with van der Waals surface area (Å²) in [6, 6.07) is 0.425. The van der Waals surface area contributed by atoms with E-state index in [1.165, 1.54) is 4.90 Å². The largest absolute Gasteiger partial charge is 0.508 e. The Bertz CT molecular complexity index is 1360. The molecule has 4 rings (SSSR count). The molecule has 11 heteroatoms. The minimum absolute atomic E-state index is 0.00340. The highest BCUT2D eigenvalue weighted by molar-refractivity contribution is 6.24. The second kappa shape index (κ2) is 9.80. The number of likely N-dealkylation sites (N-methyl/N-ethyl adjacent to an activating group) is 1. The van der Waals surface area contributed by atoms with Crippen LogP contribution >= 0.6 is 0 Å². The van der Waals surface area contributed by atoms with Crippen LogP contribution in [0.2, 0.25) is 0 Å². The zero-order valence-corrected chi connectivity index (χ0v) is 22.7. The molecule has 4 atom stereocenters. The van der Waals surface area contributed by atoms with Crippen LogP contribution in [0.1, 0.15) is 54.1 Å². The SMILES string of the molecule is CCCCC(=O)c1cc(N(C)C)c2c(c1O)C(O)=C1C(=O)[C@]3(O)C(O)=C(C(N)=O)C(=O)[C@@H](N(C)C)[C@@H]3C[C@@H]1C2. The van der Waals surface area contributed by atoms with E-state index in [2.05, 4.69) is 0 Å². The molecule has 11 nitrogen and oxygen atoms in total. The fraction of sp³-hybridized carbons (Fsp3) is 0.500. The maximum absolute atomic E-state index is 14.0. The number of carbonyl (C=O) groups is 4. The molecule has 6 N–H and O–H groups in total. The summed E-state index contributed by atoms with van der Waals surface area (Å²) < 4.78 is 0. The van der Waals surface area contributed by atoms with Crippen LogP contribution in [-0.2, 0) is 20.8 Å². The second-order valence-electron chi connectivity index (χ2n) is 11.0. The number of amides is 1. The minimum atomic E-state index is -2.71. The van der Waals surface area contributed by atoms with Gasteiger partial charge in [-0.25, -0.2) is 0 Å². The number of unbranched alkanes of at least 4 members (excludes halogenated alkanes) is 1. The van der Waals surface area contributed by atoms with E-state index in [1.54, 1.807) is 39.2 Å². The Labute approximate surface area is 226 Å². The molecule has 0 aliphatic heterocycles. The van der Waals surface area contributed by atoms with Gasteiger partial charge in [-0.3, -0.25) is 24.1 Å². The monoisotopic (exact) mass is 541 g/mol. The van der Waals surface area contributed by atoms with Crippen LogP contribution in [-0.4, -0.2) is 88.4 Å². The Morgan fingerprint density at radius 1 is 1.13 bits per heavy atom. The molecule has 1 fully saturated rings. The van der Waals surface area contributed by atoms with Crippen molar-refractivity contribution in [2.45, 2.75) is 50.7 Å². The summed E-state index contributed by atoms with van der Waals surface area (Å²) in [7, 11) is 6.60. The molecule has 0 saturated heterocycles. The maximum Gasteiger partial charge on any atom is 0.255 e. The van der Waals surface area contributed by atoms with Crippen LogP contribution in [0.3, 0.4) is 0 Å². The van der Waals surface area contributed by atoms with E-state index >= 15 is 0 Å². The van der Waals surface area contributed by atoms with E-state index in [0.29, 0.717) is 17.7 Å². The van der Waals surface area contributed by atoms with Gasteiger partial charge >= 0.3 is 0 Å². The summed E-state index contributed by atoms with van der Waals surface area (Å²) in [6.07, 6.45) is 1.71. The number of nitrogens with two attached hydrogens (primary N) is 1. The van der Waals surface area contributed by atoms with E-state index in [0.717, 1.165) is 6.42 Å². The van der Waals surface area contributed by atoms with Gasteiger partial charge in [0, 0.05) is 37.7 Å². The van der Waals surface area contributed by atoms with Gasteiger partial charge in [0.1, 0.15) is 22.8 Å². The van der Waals surface area contributed by atoms with E-state index in [4.69, 9.17) is 5.73 Å². The lowest BCUT2D eigenvalue weighted by atomic mass is 9.57. The number of aliphatic hydroxyl groups excluding tert-OH is 2. The van der Waals surface area contributed by atoms with Crippen molar-refractivity contribution in [3.63, 3.8) is 0 Å². The topological polar surface area (TPSA) is 182 Å². The van der Waals surface area contributed by atoms with Gasteiger partial charge in [0.05, 0.1) is 17.2 Å². The number of hydrogen-bond acceptors (Lipinski definition) is 10. The third-order valence-corrected chi connectivity index (χ3v) is 8.24. The Morgan fingerprint density at radius 2 is 1.77 bits per heavy atom. The van der Waals surface area contributed by atoms with Crippen LogP contribution in [0.25, 0.3) is 5.76 Å². The average molecular weight is 542 g/mol. The number of phenols is 1. The zero-order chi connectivity index (χ0) is 29.1. The van der Waals surface area contributed by atoms with Crippen molar-refractivity contribution in [1.82, 2.24) is 4.90 Å². The molecule has 0 unspecified atom stereocenters. The molecule has 210 valence electrons. The average Bonchev–Trinajstić information content (AvgIpc) is 2.84. The fourth-order valence-corrected chi connectivity index (χ4v) is 6.38. The first-order chi connectivity index (χ1) is 18.2. The first-order valence-corrected chi connectivity index (χ1v) is 12.9. The number of anilines is 1. The summed E-state index contributed by atoms with van der Waals surface area (Å²) in [5.41, 5.74) is 2.53. The van der Waals surface area contributed by atoms with Gasteiger partial charge in [0.15, 0.2) is 17.2 Å². The minimum Gasteiger partial charge on any atom is -0.508 e. The van der Waals surface area contributed by atoms with Gasteiger partial charge in [0.2, 0.25) is 5.78 Å². The lowest BCUT2D eigenvalue weighted by molar-refractivity contribution is -0.153. The number of rotatable bonds is 7. The Hall–Kier alpha value is -3.70. The van der Waals surface area contributed by atoms with Gasteiger partial charge in [-0.05, 0) is 50.9 Å². The summed E-state index contributed by atoms with van der Waals surface area (Å²) in [5.74, 6) is -7.56. The van der Waals surface area contributed by atoms with Crippen molar-refractivity contribution in [2.24, 2.45) is 17.6 Å². The predicted octanol–water partition coefficient (Wildman–Crippen LogP) is 1.40. The highest BCUT2D eigenvalue weighted by atomic mass is 16.3. The van der Waals surface area contributed by atoms with Crippen molar-refractivity contribution in [1.29, 1.82) is 0 Å². The van der Waals surface area contributed by atoms with Gasteiger partial charge in [-0.2, -0.15) is 0 Å². The number of aromatic hydroxyl groups is 1. The lowest BCUT2D eigenvalue weighted by Gasteiger charge is -2.50. The van der Waals surface area contributed by atoms with Crippen LogP contribution in [0, 0.1) is 11.8 Å². The normalized spacial score (nSPS) is 26.4. The molecule has 1 aromatic carbocycles. The first-order valence-electron chi connectivity index (χ1n) is 12.9. The number of ketones is 3. The van der Waals surface area contributed by atoms with Crippen LogP contribution in [0.4, 0.5) is 5.69 Å². The molecular weight excluding hydrogens is 506 g/mol. The van der Waals surface area contributed by atoms with Crippen molar-refractivity contribution in [2.75, 3.05) is 33.1 Å². The predicted molar refractivity (Wildman–Crippen MR) is 142 cm³/mol. The molecule has 0 radical (unpaired) electrons. The third-order valence-electron chi connectivity index (χ3n) is 8.24. The Morgan fingerprint density at radius 3 is 2.31 bits per heavy atom. The number of Topliss-reactive ketones (excluding diaryl/α,β-unsaturated/α-hetero) is 3. The van der Waals surface area contributed by atoms with E-state index in [-0.39, 0.29) is 41.7 Å². The number of aliphatic hydroxyl groups is 3. The number of phenolic OH excluding ortho intramolecular Hbond substituents is 1. The molecule has 39 heavy (non-hydrogen) atoms. The van der Waals surface area contributed by atoms with Crippen LogP contribution in [0.5, 0.6) is 5.75 Å². The van der Waals surface area contributed by atoms with E-state index in [9.17, 15) is 39.6 Å². The number of nitrogens with zero attached hydrogens (tertiary/aromatic N) is 2. The summed E-state index contributed by atoms with van der Waals surface area (Å²) in [6.45, 7) is 1.93. The van der Waals surface area contributed by atoms with Crippen molar-refractivity contribution >= 4 is 34.7 Å². The first kappa shape index (κ1) is 28.3. The number of primary amides is 1. The fourth-order valence-electron chi connectivity index (χ4n) is 6.38. The summed E-state index contributed by atoms with van der Waals surface area (Å²) >= 11 is 0. The van der Waals surface area contributed by atoms with Gasteiger partial charge in [-0.1, -0.05) is 13.3 Å². The summed E-state index contributed by atoms with van der Waals surface area (Å²) in [5, 5.41) is 45.3. The van der Waals surface area contributed by atoms with Crippen LogP contribution in [0.15, 0.2) is 23.0 Å². The third kappa shape index (κ3) is 4.02. The van der Waals surface area contributed by atoms with E-state index in [1.807, 2.05) is 6.92 Å². The van der Waals surface area contributed by atoms with Crippen molar-refractivity contribution < 1.29 is 39.6 Å². The number of carbonyl (C=O) groups excluding carboxylic acids is 4. The molecule has 1 saturated carbocycles. The quantitative estimate of drug-likeness (QED) is 0.250. The Kier molecular flexibility index (Phi) is 7.11. The Balaban J connectivity index is 1.98. The molecule has 0 spiro atoms.